The van der Waals surface area contributed by atoms with Gasteiger partial charge in [0.25, 0.3) is 5.91 Å². The van der Waals surface area contributed by atoms with Crippen LogP contribution in [0, 0.1) is 0 Å². The molecule has 2 N–H and O–H groups in total. The van der Waals surface area contributed by atoms with E-state index in [0.717, 1.165) is 0 Å². The molecular formula is C13H17NO5. The van der Waals surface area contributed by atoms with Crippen LogP contribution in [-0.2, 0) is 20.7 Å². The van der Waals surface area contributed by atoms with Crippen molar-refractivity contribution < 1.29 is 23.8 Å². The number of hydrogen-bond acceptors (Lipinski definition) is 5. The molecule has 0 aliphatic heterocycles. The third-order valence-corrected chi connectivity index (χ3v) is 2.51. The fraction of sp³-hybridized carbons (Fsp3) is 0.385. The molecule has 6 nitrogen and oxygen atoms in total. The monoisotopic (exact) mass is 267 g/mol. The lowest BCUT2D eigenvalue weighted by Crippen LogP contribution is -2.30. The average molecular weight is 267 g/mol. The Bertz CT molecular complexity index is 472. The van der Waals surface area contributed by atoms with Gasteiger partial charge in [0.15, 0.2) is 17.6 Å². The molecule has 0 radical (unpaired) electrons. The molecule has 0 aliphatic carbocycles. The number of amides is 1. The minimum absolute atomic E-state index is 0.0258. The van der Waals surface area contributed by atoms with E-state index < -0.39 is 18.0 Å². The first-order chi connectivity index (χ1) is 8.97. The van der Waals surface area contributed by atoms with Gasteiger partial charge in [-0.3, -0.25) is 9.59 Å². The summed E-state index contributed by atoms with van der Waals surface area (Å²) in [5.74, 6) is -0.111. The molecule has 104 valence electrons. The third-order valence-electron chi connectivity index (χ3n) is 2.51. The van der Waals surface area contributed by atoms with Crippen LogP contribution in [0.4, 0.5) is 0 Å². The number of primary amides is 1. The zero-order chi connectivity index (χ0) is 14.4. The number of nitrogens with two attached hydrogens (primary N) is 1. The first-order valence-corrected chi connectivity index (χ1v) is 5.67. The van der Waals surface area contributed by atoms with E-state index in [0.29, 0.717) is 17.1 Å². The van der Waals surface area contributed by atoms with Crippen molar-refractivity contribution in [3.8, 4) is 11.5 Å². The summed E-state index contributed by atoms with van der Waals surface area (Å²) in [6.07, 6.45) is -0.912. The van der Waals surface area contributed by atoms with Gasteiger partial charge in [0.05, 0.1) is 20.6 Å². The van der Waals surface area contributed by atoms with Crippen molar-refractivity contribution in [2.24, 2.45) is 5.73 Å². The molecule has 1 rings (SSSR count). The van der Waals surface area contributed by atoms with E-state index >= 15 is 0 Å². The highest BCUT2D eigenvalue weighted by molar-refractivity contribution is 5.82. The van der Waals surface area contributed by atoms with Crippen molar-refractivity contribution in [1.82, 2.24) is 0 Å². The van der Waals surface area contributed by atoms with Crippen LogP contribution in [-0.4, -0.2) is 32.2 Å². The number of esters is 1. The van der Waals surface area contributed by atoms with Crippen molar-refractivity contribution in [2.45, 2.75) is 19.4 Å². The van der Waals surface area contributed by atoms with Crippen LogP contribution in [0.25, 0.3) is 0 Å². The molecule has 1 atom stereocenters. The average Bonchev–Trinajstić information content (AvgIpc) is 2.38. The lowest BCUT2D eigenvalue weighted by atomic mass is 10.1. The van der Waals surface area contributed by atoms with Gasteiger partial charge in [-0.15, -0.1) is 0 Å². The van der Waals surface area contributed by atoms with E-state index in [1.807, 2.05) is 0 Å². The number of methoxy groups -OCH3 is 2. The van der Waals surface area contributed by atoms with E-state index in [2.05, 4.69) is 0 Å². The Morgan fingerprint density at radius 1 is 1.21 bits per heavy atom. The molecule has 1 aromatic rings. The molecule has 0 saturated carbocycles. The highest BCUT2D eigenvalue weighted by atomic mass is 16.5. The standard InChI is InChI=1S/C13H17NO5/c1-8(13(14)16)19-12(15)7-9-4-5-10(17-2)11(6-9)18-3/h4-6,8H,7H2,1-3H3,(H2,14,16)/t8-/m0/s1. The second kappa shape index (κ2) is 6.63. The maximum absolute atomic E-state index is 11.6. The Morgan fingerprint density at radius 2 is 1.84 bits per heavy atom. The van der Waals surface area contributed by atoms with Crippen LogP contribution in [0.2, 0.25) is 0 Å². The molecule has 0 bridgehead atoms. The van der Waals surface area contributed by atoms with Crippen molar-refractivity contribution in [3.05, 3.63) is 23.8 Å². The maximum atomic E-state index is 11.6. The predicted octanol–water partition coefficient (Wildman–Crippen LogP) is 0.663. The molecule has 0 aliphatic rings. The smallest absolute Gasteiger partial charge is 0.311 e. The quantitative estimate of drug-likeness (QED) is 0.765. The first-order valence-electron chi connectivity index (χ1n) is 5.67. The van der Waals surface area contributed by atoms with Gasteiger partial charge in [0.1, 0.15) is 0 Å². The number of ether oxygens (including phenoxy) is 3. The number of benzene rings is 1. The molecule has 1 amide bonds. The van der Waals surface area contributed by atoms with Gasteiger partial charge in [-0.2, -0.15) is 0 Å². The topological polar surface area (TPSA) is 87.9 Å². The van der Waals surface area contributed by atoms with E-state index in [1.165, 1.54) is 21.1 Å². The fourth-order valence-electron chi connectivity index (χ4n) is 1.45. The molecule has 1 aromatic carbocycles. The predicted molar refractivity (Wildman–Crippen MR) is 68.0 cm³/mol. The molecule has 6 heteroatoms. The lowest BCUT2D eigenvalue weighted by molar-refractivity contribution is -0.153. The Balaban J connectivity index is 2.72. The van der Waals surface area contributed by atoms with Crippen LogP contribution < -0.4 is 15.2 Å². The van der Waals surface area contributed by atoms with Crippen LogP contribution in [0.15, 0.2) is 18.2 Å². The lowest BCUT2D eigenvalue weighted by Gasteiger charge is -2.11. The Labute approximate surface area is 111 Å². The molecule has 0 fully saturated rings. The highest BCUT2D eigenvalue weighted by Crippen LogP contribution is 2.27. The summed E-state index contributed by atoms with van der Waals surface area (Å²) < 4.78 is 15.1. The third kappa shape index (κ3) is 4.17. The number of carbonyl (C=O) groups excluding carboxylic acids is 2. The summed E-state index contributed by atoms with van der Waals surface area (Å²) in [5, 5.41) is 0. The molecule has 0 spiro atoms. The SMILES string of the molecule is COc1ccc(CC(=O)O[C@@H](C)C(N)=O)cc1OC. The van der Waals surface area contributed by atoms with Gasteiger partial charge < -0.3 is 19.9 Å². The van der Waals surface area contributed by atoms with Crippen molar-refractivity contribution in [3.63, 3.8) is 0 Å². The highest BCUT2D eigenvalue weighted by Gasteiger charge is 2.15. The van der Waals surface area contributed by atoms with Gasteiger partial charge in [0, 0.05) is 0 Å². The zero-order valence-corrected chi connectivity index (χ0v) is 11.1. The normalized spacial score (nSPS) is 11.5. The Morgan fingerprint density at radius 3 is 2.37 bits per heavy atom. The Kier molecular flexibility index (Phi) is 5.17. The van der Waals surface area contributed by atoms with Crippen LogP contribution in [0.5, 0.6) is 11.5 Å². The maximum Gasteiger partial charge on any atom is 0.311 e. The van der Waals surface area contributed by atoms with Crippen LogP contribution in [0.1, 0.15) is 12.5 Å². The molecule has 0 aromatic heterocycles. The Hall–Kier alpha value is -2.24. The van der Waals surface area contributed by atoms with E-state index in [1.54, 1.807) is 18.2 Å². The fourth-order valence-corrected chi connectivity index (χ4v) is 1.45. The van der Waals surface area contributed by atoms with Crippen molar-refractivity contribution >= 4 is 11.9 Å². The number of carbonyl (C=O) groups is 2. The van der Waals surface area contributed by atoms with Gasteiger partial charge in [-0.25, -0.2) is 0 Å². The number of hydrogen-bond donors (Lipinski definition) is 1. The second-order valence-corrected chi connectivity index (χ2v) is 3.90. The van der Waals surface area contributed by atoms with Gasteiger partial charge in [-0.05, 0) is 24.6 Å². The summed E-state index contributed by atoms with van der Waals surface area (Å²) in [4.78, 5) is 22.4. The first kappa shape index (κ1) is 14.8. The largest absolute Gasteiger partial charge is 0.493 e. The van der Waals surface area contributed by atoms with Gasteiger partial charge in [-0.1, -0.05) is 6.07 Å². The van der Waals surface area contributed by atoms with Gasteiger partial charge in [0.2, 0.25) is 0 Å². The zero-order valence-electron chi connectivity index (χ0n) is 11.1. The summed E-state index contributed by atoms with van der Waals surface area (Å²) in [5.41, 5.74) is 5.70. The van der Waals surface area contributed by atoms with E-state index in [4.69, 9.17) is 19.9 Å². The molecule has 0 heterocycles. The molecular weight excluding hydrogens is 250 g/mol. The van der Waals surface area contributed by atoms with Crippen molar-refractivity contribution in [2.75, 3.05) is 14.2 Å². The minimum Gasteiger partial charge on any atom is -0.493 e. The van der Waals surface area contributed by atoms with Crippen LogP contribution >= 0.6 is 0 Å². The molecule has 0 unspecified atom stereocenters. The van der Waals surface area contributed by atoms with Gasteiger partial charge >= 0.3 is 5.97 Å². The summed E-state index contributed by atoms with van der Waals surface area (Å²) >= 11 is 0. The molecule has 0 saturated heterocycles. The number of rotatable bonds is 6. The summed E-state index contributed by atoms with van der Waals surface area (Å²) in [6.45, 7) is 1.43. The second-order valence-electron chi connectivity index (χ2n) is 3.90. The summed E-state index contributed by atoms with van der Waals surface area (Å²) in [7, 11) is 3.04. The van der Waals surface area contributed by atoms with Crippen molar-refractivity contribution in [1.29, 1.82) is 0 Å². The molecule has 19 heavy (non-hydrogen) atoms. The minimum atomic E-state index is -0.937. The van der Waals surface area contributed by atoms with E-state index in [9.17, 15) is 9.59 Å². The van der Waals surface area contributed by atoms with E-state index in [-0.39, 0.29) is 6.42 Å². The van der Waals surface area contributed by atoms with Crippen LogP contribution in [0.3, 0.4) is 0 Å². The summed E-state index contributed by atoms with van der Waals surface area (Å²) in [6, 6.07) is 5.09.